The third-order valence-electron chi connectivity index (χ3n) is 4.14. The highest BCUT2D eigenvalue weighted by Crippen LogP contribution is 2.29. The van der Waals surface area contributed by atoms with E-state index in [0.29, 0.717) is 4.31 Å². The zero-order valence-electron chi connectivity index (χ0n) is 12.8. The van der Waals surface area contributed by atoms with E-state index in [9.17, 15) is 22.8 Å². The maximum Gasteiger partial charge on any atom is 0.321 e. The van der Waals surface area contributed by atoms with Gasteiger partial charge in [0.1, 0.15) is 11.4 Å². The van der Waals surface area contributed by atoms with Crippen LogP contribution in [0.1, 0.15) is 36.0 Å². The Bertz CT molecular complexity index is 799. The summed E-state index contributed by atoms with van der Waals surface area (Å²) in [6.45, 7) is -0.728. The van der Waals surface area contributed by atoms with Gasteiger partial charge in [-0.05, 0) is 25.0 Å². The standard InChI is InChI=1S/C15H17N3O5S/c19-13(17-15(21)16-10-5-1-2-6-10)9-18-14(20)11-7-3-4-8-12(11)24(18,22)23/h3-4,7-8,10H,1-2,5-6,9H2,(H2,16,17,19,21). The van der Waals surface area contributed by atoms with Crippen LogP contribution in [0.4, 0.5) is 4.79 Å². The Kier molecular flexibility index (Phi) is 4.27. The summed E-state index contributed by atoms with van der Waals surface area (Å²) in [7, 11) is -4.06. The number of imide groups is 1. The molecule has 3 rings (SSSR count). The maximum atomic E-state index is 12.3. The Labute approximate surface area is 139 Å². The van der Waals surface area contributed by atoms with Gasteiger partial charge in [-0.25, -0.2) is 17.5 Å². The summed E-state index contributed by atoms with van der Waals surface area (Å²) in [5.41, 5.74) is 0.0284. The molecule has 0 spiro atoms. The number of amides is 4. The first-order valence-corrected chi connectivity index (χ1v) is 9.10. The zero-order valence-corrected chi connectivity index (χ0v) is 13.6. The van der Waals surface area contributed by atoms with Crippen molar-refractivity contribution >= 4 is 27.9 Å². The number of hydrogen-bond donors (Lipinski definition) is 2. The fraction of sp³-hybridized carbons (Fsp3) is 0.400. The van der Waals surface area contributed by atoms with Crippen LogP contribution < -0.4 is 10.6 Å². The average molecular weight is 351 g/mol. The largest absolute Gasteiger partial charge is 0.335 e. The lowest BCUT2D eigenvalue weighted by Gasteiger charge is -2.16. The first-order chi connectivity index (χ1) is 11.4. The Morgan fingerprint density at radius 1 is 1.17 bits per heavy atom. The fourth-order valence-corrected chi connectivity index (χ4v) is 4.50. The molecule has 0 atom stereocenters. The Morgan fingerprint density at radius 3 is 2.50 bits per heavy atom. The van der Waals surface area contributed by atoms with Crippen molar-refractivity contribution in [1.29, 1.82) is 0 Å². The molecule has 0 aromatic heterocycles. The van der Waals surface area contributed by atoms with Crippen LogP contribution >= 0.6 is 0 Å². The summed E-state index contributed by atoms with van der Waals surface area (Å²) in [6.07, 6.45) is 3.77. The van der Waals surface area contributed by atoms with E-state index in [1.54, 1.807) is 6.07 Å². The second-order valence-corrected chi connectivity index (χ2v) is 7.65. The van der Waals surface area contributed by atoms with Crippen LogP contribution in [0.3, 0.4) is 0 Å². The van der Waals surface area contributed by atoms with Gasteiger partial charge in [0.2, 0.25) is 5.91 Å². The van der Waals surface area contributed by atoms with E-state index in [-0.39, 0.29) is 16.5 Å². The summed E-state index contributed by atoms with van der Waals surface area (Å²) >= 11 is 0. The lowest BCUT2D eigenvalue weighted by atomic mass is 10.2. The molecule has 1 aromatic rings. The quantitative estimate of drug-likeness (QED) is 0.828. The third kappa shape index (κ3) is 2.99. The number of nitrogens with one attached hydrogen (secondary N) is 2. The van der Waals surface area contributed by atoms with Gasteiger partial charge < -0.3 is 5.32 Å². The summed E-state index contributed by atoms with van der Waals surface area (Å²) in [5.74, 6) is -1.62. The predicted octanol–water partition coefficient (Wildman–Crippen LogP) is 0.600. The SMILES string of the molecule is O=C(CN1C(=O)c2ccccc2S1(=O)=O)NC(=O)NC1CCCC1. The van der Waals surface area contributed by atoms with E-state index in [0.717, 1.165) is 25.7 Å². The van der Waals surface area contributed by atoms with Crippen molar-refractivity contribution in [2.45, 2.75) is 36.6 Å². The van der Waals surface area contributed by atoms with Crippen LogP contribution in [-0.2, 0) is 14.8 Å². The number of rotatable bonds is 3. The molecular formula is C15H17N3O5S. The summed E-state index contributed by atoms with van der Waals surface area (Å²) in [4.78, 5) is 35.7. The van der Waals surface area contributed by atoms with Crippen LogP contribution in [-0.4, -0.2) is 43.2 Å². The molecule has 128 valence electrons. The van der Waals surface area contributed by atoms with Gasteiger partial charge in [-0.1, -0.05) is 25.0 Å². The summed E-state index contributed by atoms with van der Waals surface area (Å²) in [6, 6.07) is 5.10. The number of carbonyl (C=O) groups excluding carboxylic acids is 3. The number of urea groups is 1. The highest BCUT2D eigenvalue weighted by Gasteiger charge is 2.41. The first-order valence-electron chi connectivity index (χ1n) is 7.66. The van der Waals surface area contributed by atoms with Gasteiger partial charge >= 0.3 is 6.03 Å². The number of sulfonamides is 1. The van der Waals surface area contributed by atoms with Gasteiger partial charge in [-0.2, -0.15) is 0 Å². The van der Waals surface area contributed by atoms with Crippen LogP contribution in [0.15, 0.2) is 29.2 Å². The Hall–Kier alpha value is -2.42. The first kappa shape index (κ1) is 16.4. The van der Waals surface area contributed by atoms with E-state index in [2.05, 4.69) is 10.6 Å². The van der Waals surface area contributed by atoms with Crippen molar-refractivity contribution in [3.8, 4) is 0 Å². The third-order valence-corrected chi connectivity index (χ3v) is 5.93. The van der Waals surface area contributed by atoms with Gasteiger partial charge in [0.25, 0.3) is 15.9 Å². The minimum Gasteiger partial charge on any atom is -0.335 e. The molecule has 1 aliphatic carbocycles. The molecule has 9 heteroatoms. The fourth-order valence-electron chi connectivity index (χ4n) is 2.98. The highest BCUT2D eigenvalue weighted by atomic mass is 32.2. The molecular weight excluding hydrogens is 334 g/mol. The summed E-state index contributed by atoms with van der Waals surface area (Å²) in [5, 5.41) is 4.73. The van der Waals surface area contributed by atoms with Gasteiger partial charge in [-0.3, -0.25) is 14.9 Å². The molecule has 2 N–H and O–H groups in total. The molecule has 8 nitrogen and oxygen atoms in total. The van der Waals surface area contributed by atoms with Gasteiger partial charge in [0.15, 0.2) is 0 Å². The van der Waals surface area contributed by atoms with E-state index in [1.807, 2.05) is 0 Å². The number of carbonyl (C=O) groups is 3. The Balaban J connectivity index is 1.64. The van der Waals surface area contributed by atoms with Crippen molar-refractivity contribution in [1.82, 2.24) is 14.9 Å². The van der Waals surface area contributed by atoms with Gasteiger partial charge in [-0.15, -0.1) is 0 Å². The van der Waals surface area contributed by atoms with Crippen LogP contribution in [0.2, 0.25) is 0 Å². The highest BCUT2D eigenvalue weighted by molar-refractivity contribution is 7.90. The molecule has 1 fully saturated rings. The van der Waals surface area contributed by atoms with Gasteiger partial charge in [0, 0.05) is 6.04 Å². The minimum absolute atomic E-state index is 0.0270. The second kappa shape index (κ2) is 6.23. The molecule has 1 saturated carbocycles. The predicted molar refractivity (Wildman–Crippen MR) is 83.6 cm³/mol. The van der Waals surface area contributed by atoms with Crippen molar-refractivity contribution in [2.24, 2.45) is 0 Å². The van der Waals surface area contributed by atoms with E-state index in [4.69, 9.17) is 0 Å². The van der Waals surface area contributed by atoms with Crippen molar-refractivity contribution in [3.05, 3.63) is 29.8 Å². The number of benzene rings is 1. The maximum absolute atomic E-state index is 12.3. The molecule has 24 heavy (non-hydrogen) atoms. The van der Waals surface area contributed by atoms with Crippen molar-refractivity contribution < 1.29 is 22.8 Å². The monoisotopic (exact) mass is 351 g/mol. The molecule has 0 radical (unpaired) electrons. The van der Waals surface area contributed by atoms with Gasteiger partial charge in [0.05, 0.1) is 5.56 Å². The number of fused-ring (bicyclic) bond motifs is 1. The lowest BCUT2D eigenvalue weighted by molar-refractivity contribution is -0.119. The minimum atomic E-state index is -4.06. The lowest BCUT2D eigenvalue weighted by Crippen LogP contribution is -2.48. The molecule has 4 amide bonds. The number of hydrogen-bond acceptors (Lipinski definition) is 5. The molecule has 1 aliphatic heterocycles. The van der Waals surface area contributed by atoms with E-state index < -0.39 is 34.4 Å². The molecule has 1 heterocycles. The topological polar surface area (TPSA) is 113 Å². The second-order valence-electron chi connectivity index (χ2n) is 5.82. The molecule has 1 aromatic carbocycles. The normalized spacial score (nSPS) is 19.2. The molecule has 2 aliphatic rings. The van der Waals surface area contributed by atoms with Crippen molar-refractivity contribution in [2.75, 3.05) is 6.54 Å². The van der Waals surface area contributed by atoms with Crippen LogP contribution in [0.5, 0.6) is 0 Å². The zero-order chi connectivity index (χ0) is 17.3. The number of nitrogens with zero attached hydrogens (tertiary/aromatic N) is 1. The smallest absolute Gasteiger partial charge is 0.321 e. The van der Waals surface area contributed by atoms with Crippen LogP contribution in [0, 0.1) is 0 Å². The molecule has 0 saturated heterocycles. The van der Waals surface area contributed by atoms with E-state index >= 15 is 0 Å². The van der Waals surface area contributed by atoms with Crippen LogP contribution in [0.25, 0.3) is 0 Å². The average Bonchev–Trinajstić information content (AvgIpc) is 3.09. The molecule has 0 bridgehead atoms. The summed E-state index contributed by atoms with van der Waals surface area (Å²) < 4.78 is 25.1. The molecule has 0 unspecified atom stereocenters. The van der Waals surface area contributed by atoms with E-state index in [1.165, 1.54) is 18.2 Å². The Morgan fingerprint density at radius 2 is 1.83 bits per heavy atom. The van der Waals surface area contributed by atoms with Crippen molar-refractivity contribution in [3.63, 3.8) is 0 Å².